The van der Waals surface area contributed by atoms with Crippen molar-refractivity contribution in [3.63, 3.8) is 0 Å². The van der Waals surface area contributed by atoms with Gasteiger partial charge in [-0.1, -0.05) is 46.3 Å². The molecular formula is C17H16BrNO. The summed E-state index contributed by atoms with van der Waals surface area (Å²) in [6.07, 6.45) is 1.85. The number of amides is 1. The van der Waals surface area contributed by atoms with Crippen LogP contribution in [-0.2, 0) is 10.2 Å². The standard InChI is InChI=1S/C17H16BrNO/c1-12-4-2-3-5-15(12)19-16(20)17(10-11-17)13-6-8-14(18)9-7-13/h2-9H,10-11H2,1H3,(H,19,20). The van der Waals surface area contributed by atoms with Gasteiger partial charge in [0.05, 0.1) is 5.41 Å². The number of nitrogens with one attached hydrogen (secondary N) is 1. The van der Waals surface area contributed by atoms with Gasteiger partial charge in [0.15, 0.2) is 0 Å². The molecule has 3 heteroatoms. The Hall–Kier alpha value is -1.61. The van der Waals surface area contributed by atoms with E-state index in [1.54, 1.807) is 0 Å². The molecule has 2 aromatic carbocycles. The van der Waals surface area contributed by atoms with E-state index in [1.165, 1.54) is 0 Å². The van der Waals surface area contributed by atoms with Gasteiger partial charge in [-0.15, -0.1) is 0 Å². The smallest absolute Gasteiger partial charge is 0.235 e. The lowest BCUT2D eigenvalue weighted by Gasteiger charge is -2.17. The predicted octanol–water partition coefficient (Wildman–Crippen LogP) is 4.43. The van der Waals surface area contributed by atoms with Crippen molar-refractivity contribution in [2.45, 2.75) is 25.2 Å². The lowest BCUT2D eigenvalue weighted by Crippen LogP contribution is -2.28. The van der Waals surface area contributed by atoms with Crippen molar-refractivity contribution in [3.8, 4) is 0 Å². The summed E-state index contributed by atoms with van der Waals surface area (Å²) >= 11 is 3.43. The van der Waals surface area contributed by atoms with Gasteiger partial charge in [0.1, 0.15) is 0 Å². The van der Waals surface area contributed by atoms with Crippen LogP contribution in [0.3, 0.4) is 0 Å². The SMILES string of the molecule is Cc1ccccc1NC(=O)C1(c2ccc(Br)cc2)CC1. The molecule has 1 saturated carbocycles. The fourth-order valence-corrected chi connectivity index (χ4v) is 2.76. The summed E-state index contributed by atoms with van der Waals surface area (Å²) in [5.41, 5.74) is 2.77. The van der Waals surface area contributed by atoms with E-state index in [9.17, 15) is 4.79 Å². The summed E-state index contributed by atoms with van der Waals surface area (Å²) in [6, 6.07) is 15.9. The molecule has 2 aromatic rings. The van der Waals surface area contributed by atoms with Crippen LogP contribution in [0.1, 0.15) is 24.0 Å². The average molecular weight is 330 g/mol. The minimum Gasteiger partial charge on any atom is -0.325 e. The third kappa shape index (κ3) is 2.38. The zero-order valence-electron chi connectivity index (χ0n) is 11.3. The van der Waals surface area contributed by atoms with E-state index in [2.05, 4.69) is 21.2 Å². The molecule has 0 bridgehead atoms. The van der Waals surface area contributed by atoms with Crippen LogP contribution >= 0.6 is 15.9 Å². The molecule has 20 heavy (non-hydrogen) atoms. The maximum Gasteiger partial charge on any atom is 0.235 e. The Kier molecular flexibility index (Phi) is 3.38. The van der Waals surface area contributed by atoms with Gasteiger partial charge >= 0.3 is 0 Å². The molecule has 1 aliphatic carbocycles. The summed E-state index contributed by atoms with van der Waals surface area (Å²) < 4.78 is 1.04. The Morgan fingerprint density at radius 2 is 1.75 bits per heavy atom. The summed E-state index contributed by atoms with van der Waals surface area (Å²) in [4.78, 5) is 12.6. The van der Waals surface area contributed by atoms with Crippen LogP contribution in [0.5, 0.6) is 0 Å². The lowest BCUT2D eigenvalue weighted by atomic mass is 9.95. The number of anilines is 1. The Morgan fingerprint density at radius 3 is 2.35 bits per heavy atom. The van der Waals surface area contributed by atoms with Gasteiger partial charge in [-0.2, -0.15) is 0 Å². The second-order valence-electron chi connectivity index (χ2n) is 5.36. The highest BCUT2D eigenvalue weighted by atomic mass is 79.9. The normalized spacial score (nSPS) is 15.7. The molecule has 3 rings (SSSR count). The predicted molar refractivity (Wildman–Crippen MR) is 84.9 cm³/mol. The van der Waals surface area contributed by atoms with Crippen molar-refractivity contribution in [1.29, 1.82) is 0 Å². The van der Waals surface area contributed by atoms with E-state index in [-0.39, 0.29) is 11.3 Å². The van der Waals surface area contributed by atoms with Gasteiger partial charge in [-0.3, -0.25) is 4.79 Å². The fraction of sp³-hybridized carbons (Fsp3) is 0.235. The first kappa shape index (κ1) is 13.4. The highest BCUT2D eigenvalue weighted by Crippen LogP contribution is 2.49. The molecule has 0 spiro atoms. The van der Waals surface area contributed by atoms with Gasteiger partial charge in [0.25, 0.3) is 0 Å². The van der Waals surface area contributed by atoms with Crippen molar-refractivity contribution in [2.75, 3.05) is 5.32 Å². The molecule has 0 aliphatic heterocycles. The number of hydrogen-bond acceptors (Lipinski definition) is 1. The molecule has 102 valence electrons. The maximum absolute atomic E-state index is 12.6. The Labute approximate surface area is 127 Å². The third-order valence-electron chi connectivity index (χ3n) is 3.97. The molecule has 0 atom stereocenters. The first-order chi connectivity index (χ1) is 9.62. The first-order valence-electron chi connectivity index (χ1n) is 6.75. The zero-order chi connectivity index (χ0) is 14.2. The topological polar surface area (TPSA) is 29.1 Å². The molecule has 1 fully saturated rings. The van der Waals surface area contributed by atoms with E-state index in [4.69, 9.17) is 0 Å². The van der Waals surface area contributed by atoms with E-state index >= 15 is 0 Å². The number of carbonyl (C=O) groups excluding carboxylic acids is 1. The van der Waals surface area contributed by atoms with Crippen LogP contribution in [0.25, 0.3) is 0 Å². The molecule has 1 aliphatic rings. The van der Waals surface area contributed by atoms with Gasteiger partial charge in [-0.05, 0) is 49.1 Å². The van der Waals surface area contributed by atoms with Crippen molar-refractivity contribution >= 4 is 27.5 Å². The fourth-order valence-electron chi connectivity index (χ4n) is 2.50. The van der Waals surface area contributed by atoms with Gasteiger partial charge in [-0.25, -0.2) is 0 Å². The monoisotopic (exact) mass is 329 g/mol. The summed E-state index contributed by atoms with van der Waals surface area (Å²) in [7, 11) is 0. The molecule has 2 nitrogen and oxygen atoms in total. The number of hydrogen-bond donors (Lipinski definition) is 1. The number of aryl methyl sites for hydroxylation is 1. The number of benzene rings is 2. The van der Waals surface area contributed by atoms with E-state index in [0.717, 1.165) is 34.1 Å². The maximum atomic E-state index is 12.6. The largest absolute Gasteiger partial charge is 0.325 e. The molecular weight excluding hydrogens is 314 g/mol. The zero-order valence-corrected chi connectivity index (χ0v) is 12.9. The van der Waals surface area contributed by atoms with Gasteiger partial charge < -0.3 is 5.32 Å². The summed E-state index contributed by atoms with van der Waals surface area (Å²) in [5.74, 6) is 0.106. The molecule has 0 radical (unpaired) electrons. The molecule has 1 amide bonds. The third-order valence-corrected chi connectivity index (χ3v) is 4.50. The van der Waals surface area contributed by atoms with Crippen molar-refractivity contribution < 1.29 is 4.79 Å². The molecule has 0 saturated heterocycles. The van der Waals surface area contributed by atoms with Crippen molar-refractivity contribution in [3.05, 3.63) is 64.1 Å². The van der Waals surface area contributed by atoms with Crippen LogP contribution < -0.4 is 5.32 Å². The number of para-hydroxylation sites is 1. The Bertz CT molecular complexity index is 644. The summed E-state index contributed by atoms with van der Waals surface area (Å²) in [5, 5.41) is 3.08. The van der Waals surface area contributed by atoms with Gasteiger partial charge in [0.2, 0.25) is 5.91 Å². The number of halogens is 1. The van der Waals surface area contributed by atoms with Crippen molar-refractivity contribution in [2.24, 2.45) is 0 Å². The lowest BCUT2D eigenvalue weighted by molar-refractivity contribution is -0.118. The summed E-state index contributed by atoms with van der Waals surface area (Å²) in [6.45, 7) is 2.01. The molecule has 1 N–H and O–H groups in total. The Balaban J connectivity index is 1.84. The molecule has 0 aromatic heterocycles. The first-order valence-corrected chi connectivity index (χ1v) is 7.54. The van der Waals surface area contributed by atoms with Crippen LogP contribution in [0.15, 0.2) is 53.0 Å². The van der Waals surface area contributed by atoms with E-state index in [0.29, 0.717) is 0 Å². The highest BCUT2D eigenvalue weighted by Gasteiger charge is 2.51. The minimum atomic E-state index is -0.330. The second-order valence-corrected chi connectivity index (χ2v) is 6.27. The van der Waals surface area contributed by atoms with Crippen LogP contribution in [0.2, 0.25) is 0 Å². The van der Waals surface area contributed by atoms with Crippen LogP contribution in [-0.4, -0.2) is 5.91 Å². The quantitative estimate of drug-likeness (QED) is 0.886. The average Bonchev–Trinajstić information content (AvgIpc) is 3.24. The van der Waals surface area contributed by atoms with E-state index in [1.807, 2.05) is 55.5 Å². The van der Waals surface area contributed by atoms with Crippen LogP contribution in [0, 0.1) is 6.92 Å². The second kappa shape index (κ2) is 5.06. The highest BCUT2D eigenvalue weighted by molar-refractivity contribution is 9.10. The number of carbonyl (C=O) groups is 1. The molecule has 0 heterocycles. The van der Waals surface area contributed by atoms with Gasteiger partial charge in [0, 0.05) is 10.2 Å². The minimum absolute atomic E-state index is 0.106. The van der Waals surface area contributed by atoms with Crippen molar-refractivity contribution in [1.82, 2.24) is 0 Å². The van der Waals surface area contributed by atoms with Crippen LogP contribution in [0.4, 0.5) is 5.69 Å². The molecule has 0 unspecified atom stereocenters. The Morgan fingerprint density at radius 1 is 1.10 bits per heavy atom. The number of rotatable bonds is 3. The van der Waals surface area contributed by atoms with E-state index < -0.39 is 0 Å².